The maximum atomic E-state index is 5.22. The number of hydrogen-bond donors (Lipinski definition) is 0. The van der Waals surface area contributed by atoms with Crippen LogP contribution in [0.2, 0.25) is 0 Å². The maximum Gasteiger partial charge on any atom is 0.238 e. The summed E-state index contributed by atoms with van der Waals surface area (Å²) in [6.45, 7) is 0. The van der Waals surface area contributed by atoms with E-state index in [0.717, 1.165) is 22.2 Å². The predicted molar refractivity (Wildman–Crippen MR) is 236 cm³/mol. The molecule has 0 saturated carbocycles. The van der Waals surface area contributed by atoms with Gasteiger partial charge in [0, 0.05) is 42.1 Å². The smallest absolute Gasteiger partial charge is 0.238 e. The summed E-state index contributed by atoms with van der Waals surface area (Å²) in [6.07, 6.45) is 0. The third-order valence-corrected chi connectivity index (χ3v) is 12.4. The van der Waals surface area contributed by atoms with Gasteiger partial charge in [-0.1, -0.05) is 152 Å². The van der Waals surface area contributed by atoms with Gasteiger partial charge < -0.3 is 0 Å². The molecule has 260 valence electrons. The Balaban J connectivity index is 1.05. The molecule has 0 saturated heterocycles. The Morgan fingerprint density at radius 3 is 1.55 bits per heavy atom. The van der Waals surface area contributed by atoms with Crippen molar-refractivity contribution in [2.75, 3.05) is 0 Å². The second-order valence-corrected chi connectivity index (χ2v) is 15.4. The molecule has 0 radical (unpaired) electrons. The number of hydrogen-bond acceptors (Lipinski definition) is 4. The Morgan fingerprint density at radius 2 is 0.875 bits per heavy atom. The van der Waals surface area contributed by atoms with E-state index in [1.54, 1.807) is 0 Å². The predicted octanol–water partition coefficient (Wildman–Crippen LogP) is 13.8. The molecule has 3 heterocycles. The first-order valence-electron chi connectivity index (χ1n) is 18.9. The highest BCUT2D eigenvalue weighted by Gasteiger charge is 2.19. The summed E-state index contributed by atoms with van der Waals surface area (Å²) in [4.78, 5) is 15.4. The van der Waals surface area contributed by atoms with Crippen LogP contribution in [0, 0.1) is 0 Å². The molecule has 0 bridgehead atoms. The van der Waals surface area contributed by atoms with Gasteiger partial charge in [-0.05, 0) is 73.8 Å². The van der Waals surface area contributed by atoms with Crippen LogP contribution in [0.5, 0.6) is 0 Å². The Hall–Kier alpha value is -7.21. The van der Waals surface area contributed by atoms with Crippen molar-refractivity contribution in [1.29, 1.82) is 0 Å². The van der Waals surface area contributed by atoms with Crippen LogP contribution in [0.3, 0.4) is 0 Å². The van der Waals surface area contributed by atoms with Crippen molar-refractivity contribution in [2.24, 2.45) is 0 Å². The fourth-order valence-electron chi connectivity index (χ4n) is 8.73. The molecule has 0 amide bonds. The van der Waals surface area contributed by atoms with Gasteiger partial charge in [0.05, 0.1) is 11.0 Å². The van der Waals surface area contributed by atoms with Gasteiger partial charge in [0.25, 0.3) is 0 Å². The number of thiophene rings is 1. The second-order valence-electron chi connectivity index (χ2n) is 14.4. The first-order valence-corrected chi connectivity index (χ1v) is 19.7. The average Bonchev–Trinajstić information content (AvgIpc) is 3.82. The van der Waals surface area contributed by atoms with Crippen molar-refractivity contribution in [3.63, 3.8) is 0 Å². The molecule has 0 fully saturated rings. The lowest BCUT2D eigenvalue weighted by Gasteiger charge is -2.12. The molecule has 0 aliphatic carbocycles. The van der Waals surface area contributed by atoms with E-state index in [1.165, 1.54) is 74.4 Å². The fraction of sp³-hybridized carbons (Fsp3) is 0. The fourth-order valence-corrected chi connectivity index (χ4v) is 9.90. The third-order valence-electron chi connectivity index (χ3n) is 11.2. The molecule has 0 N–H and O–H groups in total. The summed E-state index contributed by atoms with van der Waals surface area (Å²) in [5.74, 6) is 1.88. The van der Waals surface area contributed by atoms with E-state index in [1.807, 2.05) is 29.5 Å². The molecule has 56 heavy (non-hydrogen) atoms. The standard InChI is InChI=1S/C51H30N4S/c1-2-13-31(14-3-1)49-52-50(54-51(53-49)55-44-22-10-8-19-40(44)41-20-9-11-23-45(41)55)33-26-28-42-47(30-33)56-46-24-12-21-34(48(42)46)32-25-27-39-37-17-5-4-15-35(37)36-16-6-7-18-38(36)43(39)29-32/h1-30H. The van der Waals surface area contributed by atoms with Crippen LogP contribution in [0.25, 0.3) is 114 Å². The van der Waals surface area contributed by atoms with Crippen LogP contribution in [0.15, 0.2) is 182 Å². The Morgan fingerprint density at radius 1 is 0.339 bits per heavy atom. The van der Waals surface area contributed by atoms with E-state index < -0.39 is 0 Å². The van der Waals surface area contributed by atoms with Crippen molar-refractivity contribution in [1.82, 2.24) is 19.5 Å². The van der Waals surface area contributed by atoms with Crippen LogP contribution < -0.4 is 0 Å². The molecule has 0 atom stereocenters. The van der Waals surface area contributed by atoms with Gasteiger partial charge in [-0.25, -0.2) is 4.98 Å². The lowest BCUT2D eigenvalue weighted by atomic mass is 9.91. The zero-order valence-corrected chi connectivity index (χ0v) is 30.8. The van der Waals surface area contributed by atoms with E-state index in [0.29, 0.717) is 17.6 Å². The highest BCUT2D eigenvalue weighted by molar-refractivity contribution is 7.26. The van der Waals surface area contributed by atoms with E-state index in [-0.39, 0.29) is 0 Å². The van der Waals surface area contributed by atoms with Crippen molar-refractivity contribution in [3.05, 3.63) is 182 Å². The van der Waals surface area contributed by atoms with Crippen molar-refractivity contribution in [2.45, 2.75) is 0 Å². The van der Waals surface area contributed by atoms with Crippen molar-refractivity contribution >= 4 is 85.6 Å². The minimum Gasteiger partial charge on any atom is -0.278 e. The molecule has 0 aliphatic heterocycles. The molecule has 4 nitrogen and oxygen atoms in total. The van der Waals surface area contributed by atoms with Gasteiger partial charge in [0.2, 0.25) is 5.95 Å². The summed E-state index contributed by atoms with van der Waals surface area (Å²) in [5.41, 5.74) is 6.48. The molecule has 12 aromatic rings. The van der Waals surface area contributed by atoms with E-state index in [4.69, 9.17) is 15.0 Å². The summed E-state index contributed by atoms with van der Waals surface area (Å²) < 4.78 is 4.62. The summed E-state index contributed by atoms with van der Waals surface area (Å²) in [5, 5.41) is 12.5. The molecule has 0 spiro atoms. The first kappa shape index (κ1) is 31.2. The summed E-state index contributed by atoms with van der Waals surface area (Å²) >= 11 is 1.82. The van der Waals surface area contributed by atoms with Crippen molar-refractivity contribution < 1.29 is 0 Å². The van der Waals surface area contributed by atoms with Crippen LogP contribution in [0.1, 0.15) is 0 Å². The molecule has 3 aromatic heterocycles. The molecule has 5 heteroatoms. The van der Waals surface area contributed by atoms with E-state index >= 15 is 0 Å². The SMILES string of the molecule is c1ccc(-c2nc(-c3ccc4c(c3)sc3cccc(-c5ccc6c7ccccc7c7ccccc7c6c5)c34)nc(-n3c4ccccc4c4ccccc43)n2)cc1. The number of benzene rings is 9. The first-order chi connectivity index (χ1) is 27.8. The largest absolute Gasteiger partial charge is 0.278 e. The quantitative estimate of drug-likeness (QED) is 0.169. The van der Waals surface area contributed by atoms with Gasteiger partial charge in [0.15, 0.2) is 11.6 Å². The number of para-hydroxylation sites is 2. The van der Waals surface area contributed by atoms with Crippen LogP contribution in [-0.4, -0.2) is 19.5 Å². The Kier molecular flexibility index (Phi) is 6.76. The lowest BCUT2D eigenvalue weighted by molar-refractivity contribution is 0.954. The van der Waals surface area contributed by atoms with Gasteiger partial charge in [0.1, 0.15) is 0 Å². The molecule has 0 aliphatic rings. The van der Waals surface area contributed by atoms with Gasteiger partial charge in [-0.3, -0.25) is 4.57 Å². The minimum atomic E-state index is 0.599. The number of rotatable bonds is 4. The molecular weight excluding hydrogens is 701 g/mol. The van der Waals surface area contributed by atoms with Crippen LogP contribution in [-0.2, 0) is 0 Å². The molecule has 12 rings (SSSR count). The van der Waals surface area contributed by atoms with Crippen LogP contribution >= 0.6 is 11.3 Å². The molecular formula is C51H30N4S. The third kappa shape index (κ3) is 4.68. The second kappa shape index (κ2) is 12.2. The van der Waals surface area contributed by atoms with E-state index in [2.05, 4.69) is 168 Å². The molecule has 9 aromatic carbocycles. The maximum absolute atomic E-state index is 5.22. The van der Waals surface area contributed by atoms with E-state index in [9.17, 15) is 0 Å². The lowest BCUT2D eigenvalue weighted by Crippen LogP contribution is -2.06. The minimum absolute atomic E-state index is 0.599. The van der Waals surface area contributed by atoms with Gasteiger partial charge in [-0.2, -0.15) is 9.97 Å². The zero-order valence-electron chi connectivity index (χ0n) is 30.0. The highest BCUT2D eigenvalue weighted by Crippen LogP contribution is 2.43. The monoisotopic (exact) mass is 730 g/mol. The van der Waals surface area contributed by atoms with Crippen LogP contribution in [0.4, 0.5) is 0 Å². The average molecular weight is 731 g/mol. The van der Waals surface area contributed by atoms with Gasteiger partial charge in [-0.15, -0.1) is 11.3 Å². The Bertz CT molecular complexity index is 3460. The molecule has 0 unspecified atom stereocenters. The topological polar surface area (TPSA) is 43.6 Å². The van der Waals surface area contributed by atoms with Crippen molar-refractivity contribution in [3.8, 4) is 39.9 Å². The van der Waals surface area contributed by atoms with Gasteiger partial charge >= 0.3 is 0 Å². The highest BCUT2D eigenvalue weighted by atomic mass is 32.1. The number of nitrogens with zero attached hydrogens (tertiary/aromatic N) is 4. The Labute approximate surface area is 325 Å². The zero-order chi connectivity index (χ0) is 36.7. The summed E-state index contributed by atoms with van der Waals surface area (Å²) in [7, 11) is 0. The normalized spacial score (nSPS) is 11.9. The number of aromatic nitrogens is 4. The summed E-state index contributed by atoms with van der Waals surface area (Å²) in [6, 6.07) is 65.0. The number of fused-ring (bicyclic) bond motifs is 12.